The lowest BCUT2D eigenvalue weighted by molar-refractivity contribution is -0.151. The minimum absolute atomic E-state index is 0.202. The number of aldehydes is 1. The van der Waals surface area contributed by atoms with Crippen molar-refractivity contribution < 1.29 is 18.7 Å². The van der Waals surface area contributed by atoms with E-state index in [4.69, 9.17) is 13.9 Å². The molecule has 0 N–H and O–H groups in total. The van der Waals surface area contributed by atoms with Gasteiger partial charge in [-0.15, -0.1) is 0 Å². The van der Waals surface area contributed by atoms with E-state index in [9.17, 15) is 4.79 Å². The van der Waals surface area contributed by atoms with Crippen LogP contribution in [0.4, 0.5) is 0 Å². The van der Waals surface area contributed by atoms with Crippen molar-refractivity contribution in [2.24, 2.45) is 0 Å². The van der Waals surface area contributed by atoms with Crippen LogP contribution in [0.1, 0.15) is 34.6 Å². The van der Waals surface area contributed by atoms with Gasteiger partial charge in [-0.2, -0.15) is 0 Å². The lowest BCUT2D eigenvalue weighted by Gasteiger charge is -2.45. The molecule has 0 aliphatic carbocycles. The topological polar surface area (TPSA) is 44.8 Å². The normalized spacial score (nSPS) is 20.7. The second-order valence-electron chi connectivity index (χ2n) is 8.75. The minimum atomic E-state index is -2.81. The molecule has 4 nitrogen and oxygen atoms in total. The molecule has 5 heteroatoms. The standard InChI is InChI=1S/C23H30O4Si/c1-22(2,3)28(18-12-8-6-9-13-18,19-14-10-7-11-15-19)27-20(16-24)21-17-25-23(4,5)26-21/h6-16,20-21H,17H2,1-5H3/t20-,21-/m1/s1. The predicted molar refractivity (Wildman–Crippen MR) is 113 cm³/mol. The zero-order valence-electron chi connectivity index (χ0n) is 17.3. The van der Waals surface area contributed by atoms with Crippen LogP contribution >= 0.6 is 0 Å². The van der Waals surface area contributed by atoms with E-state index in [-0.39, 0.29) is 5.04 Å². The van der Waals surface area contributed by atoms with E-state index in [2.05, 4.69) is 45.0 Å². The molecule has 0 bridgehead atoms. The summed E-state index contributed by atoms with van der Waals surface area (Å²) in [6, 6.07) is 20.6. The highest BCUT2D eigenvalue weighted by molar-refractivity contribution is 6.99. The first-order valence-corrected chi connectivity index (χ1v) is 11.7. The molecule has 2 aromatic rings. The minimum Gasteiger partial charge on any atom is -0.395 e. The number of carbonyl (C=O) groups excluding carboxylic acids is 1. The summed E-state index contributed by atoms with van der Waals surface area (Å²) in [6.45, 7) is 10.6. The summed E-state index contributed by atoms with van der Waals surface area (Å²) in [6.07, 6.45) is -0.253. The fourth-order valence-corrected chi connectivity index (χ4v) is 8.59. The van der Waals surface area contributed by atoms with Gasteiger partial charge in [0, 0.05) is 0 Å². The summed E-state index contributed by atoms with van der Waals surface area (Å²) < 4.78 is 18.5. The second-order valence-corrected chi connectivity index (χ2v) is 13.0. The molecule has 1 aliphatic heterocycles. The van der Waals surface area contributed by atoms with Crippen molar-refractivity contribution in [2.75, 3.05) is 6.61 Å². The van der Waals surface area contributed by atoms with Crippen molar-refractivity contribution in [2.45, 2.75) is 57.7 Å². The van der Waals surface area contributed by atoms with Crippen LogP contribution in [-0.2, 0) is 18.7 Å². The van der Waals surface area contributed by atoms with Gasteiger partial charge in [-0.1, -0.05) is 81.4 Å². The Labute approximate surface area is 169 Å². The third-order valence-electron chi connectivity index (χ3n) is 5.26. The Kier molecular flexibility index (Phi) is 5.91. The lowest BCUT2D eigenvalue weighted by atomic mass is 10.2. The summed E-state index contributed by atoms with van der Waals surface area (Å²) in [5.41, 5.74) is 0. The van der Waals surface area contributed by atoms with E-state index in [1.54, 1.807) is 0 Å². The van der Waals surface area contributed by atoms with Gasteiger partial charge >= 0.3 is 0 Å². The highest BCUT2D eigenvalue weighted by Crippen LogP contribution is 2.38. The molecule has 1 fully saturated rings. The summed E-state index contributed by atoms with van der Waals surface area (Å²) in [4.78, 5) is 12.1. The Hall–Kier alpha value is -1.79. The molecule has 0 spiro atoms. The van der Waals surface area contributed by atoms with Crippen LogP contribution in [0.5, 0.6) is 0 Å². The summed E-state index contributed by atoms with van der Waals surface area (Å²) in [5.74, 6) is -0.708. The molecule has 0 amide bonds. The number of hydrogen-bond acceptors (Lipinski definition) is 4. The Morgan fingerprint density at radius 1 is 1.04 bits per heavy atom. The first-order chi connectivity index (χ1) is 13.2. The zero-order valence-corrected chi connectivity index (χ0v) is 18.3. The maximum atomic E-state index is 12.1. The van der Waals surface area contributed by atoms with Crippen LogP contribution in [-0.4, -0.2) is 39.2 Å². The molecule has 2 aromatic carbocycles. The summed E-state index contributed by atoms with van der Waals surface area (Å²) in [7, 11) is -2.81. The van der Waals surface area contributed by atoms with Crippen LogP contribution in [0.15, 0.2) is 60.7 Å². The van der Waals surface area contributed by atoms with Gasteiger partial charge in [0.05, 0.1) is 6.61 Å². The Balaban J connectivity index is 2.12. The second kappa shape index (κ2) is 7.91. The van der Waals surface area contributed by atoms with Crippen LogP contribution < -0.4 is 10.4 Å². The maximum Gasteiger partial charge on any atom is 0.262 e. The molecule has 0 aromatic heterocycles. The molecule has 150 valence electrons. The van der Waals surface area contributed by atoms with Crippen molar-refractivity contribution in [3.8, 4) is 0 Å². The van der Waals surface area contributed by atoms with Gasteiger partial charge in [0.25, 0.3) is 8.32 Å². The number of carbonyl (C=O) groups is 1. The highest BCUT2D eigenvalue weighted by Gasteiger charge is 2.53. The van der Waals surface area contributed by atoms with Gasteiger partial charge < -0.3 is 18.7 Å². The third-order valence-corrected chi connectivity index (χ3v) is 10.3. The van der Waals surface area contributed by atoms with Gasteiger partial charge in [0.15, 0.2) is 5.79 Å². The molecule has 1 heterocycles. The van der Waals surface area contributed by atoms with E-state index in [1.807, 2.05) is 50.2 Å². The van der Waals surface area contributed by atoms with E-state index in [0.717, 1.165) is 16.7 Å². The van der Waals surface area contributed by atoms with Gasteiger partial charge in [-0.25, -0.2) is 0 Å². The molecular formula is C23H30O4Si. The van der Waals surface area contributed by atoms with Crippen molar-refractivity contribution in [1.82, 2.24) is 0 Å². The van der Waals surface area contributed by atoms with Gasteiger partial charge in [0.2, 0.25) is 0 Å². The molecule has 0 saturated carbocycles. The van der Waals surface area contributed by atoms with Crippen molar-refractivity contribution in [1.29, 1.82) is 0 Å². The highest BCUT2D eigenvalue weighted by atomic mass is 28.4. The van der Waals surface area contributed by atoms with E-state index >= 15 is 0 Å². The zero-order chi connectivity index (χ0) is 20.4. The van der Waals surface area contributed by atoms with Crippen LogP contribution in [0, 0.1) is 0 Å². The SMILES string of the molecule is CC1(C)OC[C@H]([C@@H](C=O)O[Si](c2ccccc2)(c2ccccc2)C(C)(C)C)O1. The fraction of sp³-hybridized carbons (Fsp3) is 0.435. The maximum absolute atomic E-state index is 12.1. The van der Waals surface area contributed by atoms with E-state index in [0.29, 0.717) is 6.61 Å². The van der Waals surface area contributed by atoms with Gasteiger partial charge in [-0.3, -0.25) is 0 Å². The van der Waals surface area contributed by atoms with Crippen molar-refractivity contribution >= 4 is 25.0 Å². The quantitative estimate of drug-likeness (QED) is 0.553. The summed E-state index contributed by atoms with van der Waals surface area (Å²) in [5, 5.41) is 2.07. The molecule has 1 aliphatic rings. The molecule has 0 radical (unpaired) electrons. The first kappa shape index (κ1) is 20.9. The Morgan fingerprint density at radius 3 is 1.89 bits per heavy atom. The number of rotatable bonds is 6. The molecule has 1 saturated heterocycles. The third kappa shape index (κ3) is 3.98. The predicted octanol–water partition coefficient (Wildman–Crippen LogP) is 3.28. The summed E-state index contributed by atoms with van der Waals surface area (Å²) >= 11 is 0. The molecule has 0 unspecified atom stereocenters. The lowest BCUT2D eigenvalue weighted by Crippen LogP contribution is -2.68. The monoisotopic (exact) mass is 398 g/mol. The largest absolute Gasteiger partial charge is 0.395 e. The average molecular weight is 399 g/mol. The Bertz CT molecular complexity index is 744. The number of benzene rings is 2. The fourth-order valence-electron chi connectivity index (χ4n) is 3.96. The van der Waals surface area contributed by atoms with Crippen molar-refractivity contribution in [3.05, 3.63) is 60.7 Å². The van der Waals surface area contributed by atoms with Crippen LogP contribution in [0.25, 0.3) is 0 Å². The van der Waals surface area contributed by atoms with Crippen LogP contribution in [0.3, 0.4) is 0 Å². The van der Waals surface area contributed by atoms with E-state index < -0.39 is 26.3 Å². The number of hydrogen-bond donors (Lipinski definition) is 0. The molecule has 2 atom stereocenters. The smallest absolute Gasteiger partial charge is 0.262 e. The molecular weight excluding hydrogens is 368 g/mol. The van der Waals surface area contributed by atoms with Crippen molar-refractivity contribution in [3.63, 3.8) is 0 Å². The van der Waals surface area contributed by atoms with E-state index in [1.165, 1.54) is 0 Å². The molecule has 3 rings (SSSR count). The van der Waals surface area contributed by atoms with Gasteiger partial charge in [-0.05, 0) is 29.3 Å². The first-order valence-electron chi connectivity index (χ1n) is 9.75. The average Bonchev–Trinajstić information content (AvgIpc) is 3.03. The van der Waals surface area contributed by atoms with Crippen LogP contribution in [0.2, 0.25) is 5.04 Å². The van der Waals surface area contributed by atoms with Gasteiger partial charge in [0.1, 0.15) is 18.5 Å². The Morgan fingerprint density at radius 2 is 1.54 bits per heavy atom. The number of ether oxygens (including phenoxy) is 2. The molecule has 28 heavy (non-hydrogen) atoms.